The minimum atomic E-state index is -3.50. The molecule has 0 radical (unpaired) electrons. The molecular formula is C14H17NO2S. The maximum Gasteiger partial charge on any atom is 0.200 e. The Balaban J connectivity index is 3.03. The lowest BCUT2D eigenvalue weighted by Crippen LogP contribution is -1.98. The molecule has 0 unspecified atom stereocenters. The molecule has 0 aliphatic carbocycles. The minimum Gasteiger partial charge on any atom is -0.219 e. The van der Waals surface area contributed by atoms with E-state index in [0.717, 1.165) is 23.8 Å². The summed E-state index contributed by atoms with van der Waals surface area (Å²) >= 11 is 0. The highest BCUT2D eigenvalue weighted by Gasteiger charge is 2.12. The molecule has 4 heteroatoms. The van der Waals surface area contributed by atoms with E-state index in [4.69, 9.17) is 5.26 Å². The normalized spacial score (nSPS) is 12.2. The largest absolute Gasteiger partial charge is 0.219 e. The fourth-order valence-corrected chi connectivity index (χ4v) is 2.69. The Bertz CT molecular complexity index is 563. The molecule has 0 spiro atoms. The van der Waals surface area contributed by atoms with Crippen LogP contribution in [0.3, 0.4) is 0 Å². The molecule has 0 heterocycles. The second kappa shape index (κ2) is 6.36. The van der Waals surface area contributed by atoms with E-state index >= 15 is 0 Å². The number of sulfone groups is 1. The first-order valence-electron chi connectivity index (χ1n) is 5.92. The van der Waals surface area contributed by atoms with E-state index in [0.29, 0.717) is 12.0 Å². The zero-order chi connectivity index (χ0) is 13.6. The molecule has 0 aliphatic rings. The highest BCUT2D eigenvalue weighted by atomic mass is 32.2. The SMILES string of the molecule is CCCCC(C#N)=CS(=O)(=O)c1ccc(C)cc1. The Kier molecular flexibility index (Phi) is 5.11. The topological polar surface area (TPSA) is 57.9 Å². The Morgan fingerprint density at radius 3 is 2.44 bits per heavy atom. The number of hydrogen-bond donors (Lipinski definition) is 0. The summed E-state index contributed by atoms with van der Waals surface area (Å²) in [6, 6.07) is 8.58. The summed E-state index contributed by atoms with van der Waals surface area (Å²) in [6.07, 6.45) is 2.27. The average Bonchev–Trinajstić information content (AvgIpc) is 2.35. The third-order valence-electron chi connectivity index (χ3n) is 2.59. The van der Waals surface area contributed by atoms with Crippen molar-refractivity contribution in [1.29, 1.82) is 5.26 Å². The first kappa shape index (κ1) is 14.5. The van der Waals surface area contributed by atoms with Gasteiger partial charge in [-0.3, -0.25) is 0 Å². The number of aryl methyl sites for hydroxylation is 1. The van der Waals surface area contributed by atoms with Crippen molar-refractivity contribution in [3.8, 4) is 6.07 Å². The number of hydrogen-bond acceptors (Lipinski definition) is 3. The molecule has 0 fully saturated rings. The molecule has 1 rings (SSSR count). The van der Waals surface area contributed by atoms with Crippen LogP contribution in [0.4, 0.5) is 0 Å². The number of benzene rings is 1. The Morgan fingerprint density at radius 1 is 1.33 bits per heavy atom. The molecule has 0 aromatic heterocycles. The van der Waals surface area contributed by atoms with Gasteiger partial charge < -0.3 is 0 Å². The molecule has 1 aromatic rings. The van der Waals surface area contributed by atoms with Gasteiger partial charge in [0.05, 0.1) is 11.0 Å². The van der Waals surface area contributed by atoms with E-state index in [1.807, 2.05) is 19.9 Å². The van der Waals surface area contributed by atoms with E-state index in [1.165, 1.54) is 0 Å². The van der Waals surface area contributed by atoms with Crippen LogP contribution in [-0.4, -0.2) is 8.42 Å². The van der Waals surface area contributed by atoms with Crippen molar-refractivity contribution in [2.24, 2.45) is 0 Å². The molecule has 18 heavy (non-hydrogen) atoms. The fourth-order valence-electron chi connectivity index (χ4n) is 1.49. The zero-order valence-electron chi connectivity index (χ0n) is 10.7. The van der Waals surface area contributed by atoms with Gasteiger partial charge >= 0.3 is 0 Å². The summed E-state index contributed by atoms with van der Waals surface area (Å²) < 4.78 is 24.1. The van der Waals surface area contributed by atoms with Crippen molar-refractivity contribution in [2.45, 2.75) is 38.0 Å². The van der Waals surface area contributed by atoms with Crippen molar-refractivity contribution < 1.29 is 8.42 Å². The summed E-state index contributed by atoms with van der Waals surface area (Å²) in [6.45, 7) is 3.90. The smallest absolute Gasteiger partial charge is 0.200 e. The summed E-state index contributed by atoms with van der Waals surface area (Å²) in [4.78, 5) is 0.234. The van der Waals surface area contributed by atoms with Crippen LogP contribution in [0, 0.1) is 18.3 Å². The molecule has 0 aliphatic heterocycles. The molecule has 3 nitrogen and oxygen atoms in total. The van der Waals surface area contributed by atoms with Crippen molar-refractivity contribution in [3.63, 3.8) is 0 Å². The minimum absolute atomic E-state index is 0.234. The number of nitriles is 1. The van der Waals surface area contributed by atoms with Gasteiger partial charge in [-0.15, -0.1) is 0 Å². The van der Waals surface area contributed by atoms with Gasteiger partial charge in [-0.2, -0.15) is 5.26 Å². The Hall–Kier alpha value is -1.60. The van der Waals surface area contributed by atoms with Crippen LogP contribution in [0.15, 0.2) is 40.1 Å². The van der Waals surface area contributed by atoms with Crippen molar-refractivity contribution in [2.75, 3.05) is 0 Å². The van der Waals surface area contributed by atoms with E-state index in [2.05, 4.69) is 0 Å². The predicted octanol–water partition coefficient (Wildman–Crippen LogP) is 3.37. The first-order valence-corrected chi connectivity index (χ1v) is 7.46. The fraction of sp³-hybridized carbons (Fsp3) is 0.357. The van der Waals surface area contributed by atoms with Crippen LogP contribution >= 0.6 is 0 Å². The third-order valence-corrected chi connectivity index (χ3v) is 4.11. The molecule has 96 valence electrons. The number of unbranched alkanes of at least 4 members (excludes halogenated alkanes) is 1. The predicted molar refractivity (Wildman–Crippen MR) is 71.6 cm³/mol. The third kappa shape index (κ3) is 4.01. The quantitative estimate of drug-likeness (QED) is 0.765. The van der Waals surface area contributed by atoms with Crippen LogP contribution in [0.5, 0.6) is 0 Å². The highest BCUT2D eigenvalue weighted by molar-refractivity contribution is 7.94. The standard InChI is InChI=1S/C14H17NO2S/c1-3-4-5-13(10-15)11-18(16,17)14-8-6-12(2)7-9-14/h6-9,11H,3-5H2,1-2H3. The van der Waals surface area contributed by atoms with Crippen molar-refractivity contribution in [1.82, 2.24) is 0 Å². The summed E-state index contributed by atoms with van der Waals surface area (Å²) in [5.41, 5.74) is 1.32. The monoisotopic (exact) mass is 263 g/mol. The van der Waals surface area contributed by atoms with Crippen LogP contribution in [0.25, 0.3) is 0 Å². The van der Waals surface area contributed by atoms with E-state index in [1.54, 1.807) is 24.3 Å². The molecule has 1 aromatic carbocycles. The molecule has 0 saturated heterocycles. The molecule has 0 bridgehead atoms. The number of allylic oxidation sites excluding steroid dienone is 1. The van der Waals surface area contributed by atoms with Gasteiger partial charge in [-0.25, -0.2) is 8.42 Å². The number of nitrogens with zero attached hydrogens (tertiary/aromatic N) is 1. The van der Waals surface area contributed by atoms with E-state index in [-0.39, 0.29) is 4.90 Å². The van der Waals surface area contributed by atoms with Gasteiger partial charge in [0.2, 0.25) is 9.84 Å². The summed E-state index contributed by atoms with van der Waals surface area (Å²) in [7, 11) is -3.50. The van der Waals surface area contributed by atoms with Crippen LogP contribution in [0.1, 0.15) is 31.7 Å². The lowest BCUT2D eigenvalue weighted by molar-refractivity contribution is 0.604. The van der Waals surface area contributed by atoms with Gasteiger partial charge in [0.25, 0.3) is 0 Å². The Labute approximate surface area is 109 Å². The van der Waals surface area contributed by atoms with E-state index in [9.17, 15) is 8.42 Å². The van der Waals surface area contributed by atoms with Gasteiger partial charge in [0.1, 0.15) is 0 Å². The lowest BCUT2D eigenvalue weighted by Gasteiger charge is -2.01. The maximum absolute atomic E-state index is 12.0. The van der Waals surface area contributed by atoms with Crippen molar-refractivity contribution >= 4 is 9.84 Å². The van der Waals surface area contributed by atoms with Gasteiger partial charge in [0, 0.05) is 11.0 Å². The highest BCUT2D eigenvalue weighted by Crippen LogP contribution is 2.17. The molecular weight excluding hydrogens is 246 g/mol. The summed E-state index contributed by atoms with van der Waals surface area (Å²) in [5.74, 6) is 0. The van der Waals surface area contributed by atoms with Gasteiger partial charge in [-0.05, 0) is 31.9 Å². The van der Waals surface area contributed by atoms with Crippen LogP contribution < -0.4 is 0 Å². The van der Waals surface area contributed by atoms with E-state index < -0.39 is 9.84 Å². The average molecular weight is 263 g/mol. The Morgan fingerprint density at radius 2 is 1.94 bits per heavy atom. The van der Waals surface area contributed by atoms with Gasteiger partial charge in [0.15, 0.2) is 0 Å². The van der Waals surface area contributed by atoms with Crippen LogP contribution in [-0.2, 0) is 9.84 Å². The maximum atomic E-state index is 12.0. The first-order chi connectivity index (χ1) is 8.49. The van der Waals surface area contributed by atoms with Crippen LogP contribution in [0.2, 0.25) is 0 Å². The zero-order valence-corrected chi connectivity index (χ0v) is 11.5. The second-order valence-electron chi connectivity index (χ2n) is 4.22. The van der Waals surface area contributed by atoms with Crippen molar-refractivity contribution in [3.05, 3.63) is 40.8 Å². The molecule has 0 N–H and O–H groups in total. The second-order valence-corrected chi connectivity index (χ2v) is 6.01. The molecule has 0 atom stereocenters. The molecule has 0 amide bonds. The lowest BCUT2D eigenvalue weighted by atomic mass is 10.1. The summed E-state index contributed by atoms with van der Waals surface area (Å²) in [5, 5.41) is 10.0. The number of rotatable bonds is 5. The van der Waals surface area contributed by atoms with Gasteiger partial charge in [-0.1, -0.05) is 31.0 Å². The molecule has 0 saturated carbocycles.